The molecule has 14 heavy (non-hydrogen) atoms. The highest BCUT2D eigenvalue weighted by atomic mass is 19.1. The van der Waals surface area contributed by atoms with Crippen molar-refractivity contribution in [2.24, 2.45) is 5.92 Å². The number of benzene rings is 1. The molecule has 0 saturated heterocycles. The van der Waals surface area contributed by atoms with Crippen LogP contribution in [0.2, 0.25) is 0 Å². The van der Waals surface area contributed by atoms with Crippen LogP contribution in [0.15, 0.2) is 36.9 Å². The summed E-state index contributed by atoms with van der Waals surface area (Å²) in [6.07, 6.45) is 1.50. The van der Waals surface area contributed by atoms with E-state index in [4.69, 9.17) is 1.37 Å². The van der Waals surface area contributed by atoms with Crippen molar-refractivity contribution < 1.29 is 10.9 Å². The van der Waals surface area contributed by atoms with E-state index in [1.54, 1.807) is 18.2 Å². The van der Waals surface area contributed by atoms with Gasteiger partial charge >= 0.3 is 0 Å². The monoisotopic (exact) mass is 195 g/mol. The number of aliphatic hydroxyl groups excluding tert-OH is 1. The van der Waals surface area contributed by atoms with E-state index < -0.39 is 6.10 Å². The number of hydrogen-bond acceptors (Lipinski definition) is 1. The van der Waals surface area contributed by atoms with Gasteiger partial charge in [0.2, 0.25) is 0 Å². The molecule has 2 atom stereocenters. The minimum Gasteiger partial charge on any atom is -0.388 e. The maximum atomic E-state index is 12.6. The molecule has 76 valence electrons. The summed E-state index contributed by atoms with van der Waals surface area (Å²) in [5.74, 6) is -0.463. The molecule has 0 spiro atoms. The maximum absolute atomic E-state index is 12.6. The maximum Gasteiger partial charge on any atom is 0.123 e. The third kappa shape index (κ3) is 2.42. The van der Waals surface area contributed by atoms with E-state index in [9.17, 15) is 9.50 Å². The fourth-order valence-corrected chi connectivity index (χ4v) is 1.31. The predicted molar refractivity (Wildman–Crippen MR) is 55.3 cm³/mol. The highest BCUT2D eigenvalue weighted by molar-refractivity contribution is 5.20. The molecule has 1 rings (SSSR count). The van der Waals surface area contributed by atoms with Crippen LogP contribution in [0.1, 0.15) is 26.4 Å². The molecule has 0 aliphatic heterocycles. The van der Waals surface area contributed by atoms with Crippen molar-refractivity contribution in [3.05, 3.63) is 48.3 Å². The van der Waals surface area contributed by atoms with E-state index in [-0.39, 0.29) is 18.6 Å². The van der Waals surface area contributed by atoms with Crippen molar-refractivity contribution in [1.29, 1.82) is 0 Å². The first-order valence-electron chi connectivity index (χ1n) is 5.25. The van der Waals surface area contributed by atoms with Gasteiger partial charge in [0.25, 0.3) is 0 Å². The highest BCUT2D eigenvalue weighted by Gasteiger charge is 2.15. The minimum atomic E-state index is -0.701. The van der Waals surface area contributed by atoms with Crippen LogP contribution in [-0.4, -0.2) is 5.11 Å². The number of halogens is 1. The summed E-state index contributed by atoms with van der Waals surface area (Å²) in [6, 6.07) is 5.75. The first kappa shape index (κ1) is 9.41. The van der Waals surface area contributed by atoms with Crippen LogP contribution < -0.4 is 0 Å². The molecule has 0 unspecified atom stereocenters. The number of rotatable bonds is 4. The van der Waals surface area contributed by atoms with Crippen molar-refractivity contribution >= 4 is 0 Å². The van der Waals surface area contributed by atoms with Crippen LogP contribution in [0.4, 0.5) is 4.39 Å². The van der Waals surface area contributed by atoms with Gasteiger partial charge in [-0.2, -0.15) is 0 Å². The third-order valence-corrected chi connectivity index (χ3v) is 2.25. The molecule has 0 amide bonds. The van der Waals surface area contributed by atoms with Gasteiger partial charge in [-0.05, 0) is 24.1 Å². The molecule has 0 heterocycles. The lowest BCUT2D eigenvalue weighted by atomic mass is 9.94. The van der Waals surface area contributed by atoms with E-state index in [0.29, 0.717) is 12.0 Å². The summed E-state index contributed by atoms with van der Waals surface area (Å²) < 4.78 is 19.8. The summed E-state index contributed by atoms with van der Waals surface area (Å²) in [7, 11) is 0. The molecule has 0 bridgehead atoms. The minimum absolute atomic E-state index is 0.145. The third-order valence-electron chi connectivity index (χ3n) is 2.25. The zero-order chi connectivity index (χ0) is 11.3. The van der Waals surface area contributed by atoms with Gasteiger partial charge in [-0.3, -0.25) is 0 Å². The van der Waals surface area contributed by atoms with E-state index in [2.05, 4.69) is 6.58 Å². The Morgan fingerprint density at radius 1 is 1.57 bits per heavy atom. The molecule has 0 aliphatic rings. The molecule has 1 aromatic rings. The van der Waals surface area contributed by atoms with Gasteiger partial charge in [0.15, 0.2) is 0 Å². The highest BCUT2D eigenvalue weighted by Crippen LogP contribution is 2.25. The van der Waals surface area contributed by atoms with Crippen molar-refractivity contribution in [2.45, 2.75) is 19.4 Å². The van der Waals surface area contributed by atoms with Gasteiger partial charge in [0.05, 0.1) is 6.10 Å². The van der Waals surface area contributed by atoms with Crippen molar-refractivity contribution in [2.75, 3.05) is 0 Å². The molecular weight excluding hydrogens is 179 g/mol. The van der Waals surface area contributed by atoms with Crippen LogP contribution in [0.25, 0.3) is 0 Å². The molecule has 0 aliphatic carbocycles. The van der Waals surface area contributed by atoms with E-state index in [1.807, 2.05) is 0 Å². The summed E-state index contributed by atoms with van der Waals surface area (Å²) in [6.45, 7) is 3.87. The lowest BCUT2D eigenvalue weighted by Crippen LogP contribution is -2.08. The zero-order valence-electron chi connectivity index (χ0n) is 8.99. The van der Waals surface area contributed by atoms with Crippen molar-refractivity contribution in [3.8, 4) is 0 Å². The normalized spacial score (nSPS) is 15.7. The Hall–Kier alpha value is -1.15. The standard InChI is InChI=1S/C12H15FO/c1-3-9(4-2)12(14)10-5-7-11(13)8-6-10/h3,5-9,12,14H,1,4H2,2H3/t9-,12-/m1/s1/i2D. The van der Waals surface area contributed by atoms with Crippen LogP contribution in [-0.2, 0) is 0 Å². The van der Waals surface area contributed by atoms with Gasteiger partial charge in [-0.1, -0.05) is 25.1 Å². The average Bonchev–Trinajstić information content (AvgIpc) is 2.26. The predicted octanol–water partition coefficient (Wildman–Crippen LogP) is 3.07. The Balaban J connectivity index is 2.77. The van der Waals surface area contributed by atoms with Crippen LogP contribution in [0.3, 0.4) is 0 Å². The Bertz CT molecular complexity index is 310. The van der Waals surface area contributed by atoms with Crippen molar-refractivity contribution in [1.82, 2.24) is 0 Å². The number of aliphatic hydroxyl groups is 1. The molecule has 0 radical (unpaired) electrons. The summed E-state index contributed by atoms with van der Waals surface area (Å²) >= 11 is 0. The molecule has 1 N–H and O–H groups in total. The first-order valence-corrected chi connectivity index (χ1v) is 4.54. The van der Waals surface area contributed by atoms with Gasteiger partial charge in [-0.25, -0.2) is 4.39 Å². The fourth-order valence-electron chi connectivity index (χ4n) is 1.31. The van der Waals surface area contributed by atoms with Crippen LogP contribution in [0, 0.1) is 11.7 Å². The van der Waals surface area contributed by atoms with Gasteiger partial charge in [0.1, 0.15) is 5.82 Å². The Kier molecular flexibility index (Phi) is 3.30. The largest absolute Gasteiger partial charge is 0.388 e. The molecule has 0 saturated carbocycles. The average molecular weight is 195 g/mol. The number of hydrogen-bond donors (Lipinski definition) is 1. The zero-order valence-corrected chi connectivity index (χ0v) is 7.99. The molecule has 0 fully saturated rings. The second kappa shape index (κ2) is 4.91. The van der Waals surface area contributed by atoms with Crippen LogP contribution >= 0.6 is 0 Å². The molecule has 1 nitrogen and oxygen atoms in total. The van der Waals surface area contributed by atoms with Crippen LogP contribution in [0.5, 0.6) is 0 Å². The quantitative estimate of drug-likeness (QED) is 0.732. The lowest BCUT2D eigenvalue weighted by Gasteiger charge is -2.18. The summed E-state index contributed by atoms with van der Waals surface area (Å²) in [4.78, 5) is 0. The summed E-state index contributed by atoms with van der Waals surface area (Å²) in [5.41, 5.74) is 0.662. The molecular formula is C12H15FO. The SMILES string of the molecule is [2H]CC[C@@H](C=C)[C@@H](O)c1ccc(F)cc1. The van der Waals surface area contributed by atoms with E-state index in [1.165, 1.54) is 12.1 Å². The lowest BCUT2D eigenvalue weighted by molar-refractivity contribution is 0.129. The van der Waals surface area contributed by atoms with Gasteiger partial charge in [0, 0.05) is 7.29 Å². The Labute approximate surface area is 85.3 Å². The Morgan fingerprint density at radius 2 is 2.21 bits per heavy atom. The summed E-state index contributed by atoms with van der Waals surface area (Å²) in [5, 5.41) is 9.93. The van der Waals surface area contributed by atoms with Crippen molar-refractivity contribution in [3.63, 3.8) is 0 Å². The van der Waals surface area contributed by atoms with E-state index in [0.717, 1.165) is 0 Å². The Morgan fingerprint density at radius 3 is 2.71 bits per heavy atom. The fraction of sp³-hybridized carbons (Fsp3) is 0.333. The molecule has 0 aromatic heterocycles. The second-order valence-corrected chi connectivity index (χ2v) is 3.18. The smallest absolute Gasteiger partial charge is 0.123 e. The topological polar surface area (TPSA) is 20.2 Å². The molecule has 2 heteroatoms. The first-order chi connectivity index (χ1) is 7.19. The van der Waals surface area contributed by atoms with E-state index >= 15 is 0 Å². The second-order valence-electron chi connectivity index (χ2n) is 3.18. The van der Waals surface area contributed by atoms with Gasteiger partial charge in [-0.15, -0.1) is 6.58 Å². The van der Waals surface area contributed by atoms with Gasteiger partial charge < -0.3 is 5.11 Å². The molecule has 1 aromatic carbocycles.